The highest BCUT2D eigenvalue weighted by Crippen LogP contribution is 2.29. The van der Waals surface area contributed by atoms with Crippen molar-refractivity contribution in [3.63, 3.8) is 0 Å². The number of aromatic nitrogens is 1. The van der Waals surface area contributed by atoms with Crippen LogP contribution in [0.3, 0.4) is 0 Å². The Labute approximate surface area is 102 Å². The molecular weight excluding hydrogens is 216 g/mol. The third-order valence-corrected chi connectivity index (χ3v) is 4.00. The Bertz CT molecular complexity index is 328. The van der Waals surface area contributed by atoms with Crippen LogP contribution < -0.4 is 5.32 Å². The highest BCUT2D eigenvalue weighted by atomic mass is 32.1. The number of thiazole rings is 1. The molecule has 1 aromatic heterocycles. The van der Waals surface area contributed by atoms with E-state index in [1.165, 1.54) is 36.4 Å². The van der Waals surface area contributed by atoms with Crippen molar-refractivity contribution < 1.29 is 0 Å². The van der Waals surface area contributed by atoms with Gasteiger partial charge in [-0.05, 0) is 25.2 Å². The molecule has 1 aliphatic carbocycles. The van der Waals surface area contributed by atoms with Gasteiger partial charge in [0.25, 0.3) is 0 Å². The molecule has 16 heavy (non-hydrogen) atoms. The van der Waals surface area contributed by atoms with Gasteiger partial charge in [-0.25, -0.2) is 4.98 Å². The Morgan fingerprint density at radius 2 is 2.25 bits per heavy atom. The average Bonchev–Trinajstić information content (AvgIpc) is 2.92. The van der Waals surface area contributed by atoms with Crippen molar-refractivity contribution in [1.82, 2.24) is 10.3 Å². The van der Waals surface area contributed by atoms with Crippen LogP contribution in [-0.2, 0) is 0 Å². The van der Waals surface area contributed by atoms with Crippen LogP contribution in [0.2, 0.25) is 0 Å². The van der Waals surface area contributed by atoms with Gasteiger partial charge in [0.15, 0.2) is 0 Å². The second-order valence-corrected chi connectivity index (χ2v) is 5.94. The number of nitrogens with one attached hydrogen (secondary N) is 1. The van der Waals surface area contributed by atoms with E-state index in [4.69, 9.17) is 4.98 Å². The summed E-state index contributed by atoms with van der Waals surface area (Å²) in [5.41, 5.74) is 1.25. The smallest absolute Gasteiger partial charge is 0.110 e. The lowest BCUT2D eigenvalue weighted by atomic mass is 10.1. The minimum absolute atomic E-state index is 0.495. The van der Waals surface area contributed by atoms with Crippen LogP contribution in [0.1, 0.15) is 69.1 Å². The zero-order chi connectivity index (χ0) is 11.5. The van der Waals surface area contributed by atoms with E-state index in [0.717, 1.165) is 6.04 Å². The van der Waals surface area contributed by atoms with Gasteiger partial charge >= 0.3 is 0 Å². The second kappa shape index (κ2) is 5.28. The van der Waals surface area contributed by atoms with Gasteiger partial charge in [0.2, 0.25) is 0 Å². The molecule has 1 unspecified atom stereocenters. The molecular formula is C13H22N2S. The second-order valence-electron chi connectivity index (χ2n) is 5.05. The fraction of sp³-hybridized carbons (Fsp3) is 0.769. The average molecular weight is 238 g/mol. The van der Waals surface area contributed by atoms with Gasteiger partial charge in [-0.2, -0.15) is 0 Å². The largest absolute Gasteiger partial charge is 0.305 e. The third kappa shape index (κ3) is 3.05. The molecule has 1 aromatic rings. The molecule has 0 bridgehead atoms. The molecule has 2 rings (SSSR count). The van der Waals surface area contributed by atoms with Gasteiger partial charge < -0.3 is 5.32 Å². The Kier molecular flexibility index (Phi) is 3.98. The third-order valence-electron chi connectivity index (χ3n) is 3.02. The summed E-state index contributed by atoms with van der Waals surface area (Å²) in [6.45, 7) is 6.67. The summed E-state index contributed by atoms with van der Waals surface area (Å²) in [6, 6.07) is 1.26. The molecule has 0 amide bonds. The van der Waals surface area contributed by atoms with Gasteiger partial charge in [-0.15, -0.1) is 11.3 Å². The number of nitrogens with zero attached hydrogens (tertiary/aromatic N) is 1. The van der Waals surface area contributed by atoms with E-state index >= 15 is 0 Å². The molecule has 0 aromatic carbocycles. The molecule has 2 nitrogen and oxygen atoms in total. The first kappa shape index (κ1) is 12.1. The van der Waals surface area contributed by atoms with Gasteiger partial charge in [-0.1, -0.05) is 27.2 Å². The van der Waals surface area contributed by atoms with Crippen molar-refractivity contribution in [2.45, 2.75) is 64.5 Å². The van der Waals surface area contributed by atoms with Gasteiger partial charge in [0, 0.05) is 11.4 Å². The van der Waals surface area contributed by atoms with Crippen LogP contribution in [-0.4, -0.2) is 11.0 Å². The van der Waals surface area contributed by atoms with E-state index in [2.05, 4.69) is 31.5 Å². The molecule has 1 saturated carbocycles. The Morgan fingerprint density at radius 3 is 2.75 bits per heavy atom. The fourth-order valence-electron chi connectivity index (χ4n) is 1.83. The van der Waals surface area contributed by atoms with Crippen molar-refractivity contribution in [1.29, 1.82) is 0 Å². The summed E-state index contributed by atoms with van der Waals surface area (Å²) in [5, 5.41) is 7.22. The molecule has 0 spiro atoms. The highest BCUT2D eigenvalue weighted by Gasteiger charge is 2.26. The molecule has 1 N–H and O–H groups in total. The molecule has 1 aliphatic rings. The number of hydrogen-bond acceptors (Lipinski definition) is 3. The van der Waals surface area contributed by atoms with Gasteiger partial charge in [-0.3, -0.25) is 0 Å². The minimum Gasteiger partial charge on any atom is -0.305 e. The molecule has 1 fully saturated rings. The van der Waals surface area contributed by atoms with Crippen LogP contribution in [0.4, 0.5) is 0 Å². The van der Waals surface area contributed by atoms with Crippen LogP contribution in [0.15, 0.2) is 5.38 Å². The minimum atomic E-state index is 0.495. The Balaban J connectivity index is 2.03. The number of rotatable bonds is 6. The van der Waals surface area contributed by atoms with E-state index in [1.54, 1.807) is 0 Å². The molecule has 0 radical (unpaired) electrons. The molecule has 3 heteroatoms. The van der Waals surface area contributed by atoms with E-state index < -0.39 is 0 Å². The summed E-state index contributed by atoms with van der Waals surface area (Å²) in [6.07, 6.45) is 5.13. The summed E-state index contributed by atoms with van der Waals surface area (Å²) in [4.78, 5) is 4.77. The quantitative estimate of drug-likeness (QED) is 0.814. The lowest BCUT2D eigenvalue weighted by molar-refractivity contribution is 0.488. The van der Waals surface area contributed by atoms with E-state index in [0.29, 0.717) is 12.0 Å². The maximum Gasteiger partial charge on any atom is 0.110 e. The molecule has 1 atom stereocenters. The van der Waals surface area contributed by atoms with Crippen LogP contribution in [0, 0.1) is 0 Å². The first-order valence-electron chi connectivity index (χ1n) is 6.42. The van der Waals surface area contributed by atoms with E-state index in [9.17, 15) is 0 Å². The van der Waals surface area contributed by atoms with Crippen molar-refractivity contribution in [2.75, 3.05) is 0 Å². The van der Waals surface area contributed by atoms with Crippen molar-refractivity contribution >= 4 is 11.3 Å². The molecule has 0 saturated heterocycles. The molecule has 0 aliphatic heterocycles. The summed E-state index contributed by atoms with van der Waals surface area (Å²) in [5.74, 6) is 0.549. The topological polar surface area (TPSA) is 24.9 Å². The molecule has 1 heterocycles. The SMILES string of the molecule is CCCC(NC1CC1)c1nc(C(C)C)cs1. The normalized spacial score (nSPS) is 18.0. The van der Waals surface area contributed by atoms with E-state index in [1.807, 2.05) is 11.3 Å². The molecule has 90 valence electrons. The standard InChI is InChI=1S/C13H22N2S/c1-4-5-11(14-10-6-7-10)13-15-12(8-16-13)9(2)3/h8-11,14H,4-7H2,1-3H3. The number of hydrogen-bond donors (Lipinski definition) is 1. The van der Waals surface area contributed by atoms with Gasteiger partial charge in [0.1, 0.15) is 5.01 Å². The zero-order valence-electron chi connectivity index (χ0n) is 10.5. The predicted octanol–water partition coefficient (Wildman–Crippen LogP) is 3.86. The Hall–Kier alpha value is -0.410. The lowest BCUT2D eigenvalue weighted by Gasteiger charge is -2.15. The fourth-order valence-corrected chi connectivity index (χ4v) is 2.90. The summed E-state index contributed by atoms with van der Waals surface area (Å²) in [7, 11) is 0. The summed E-state index contributed by atoms with van der Waals surface area (Å²) < 4.78 is 0. The van der Waals surface area contributed by atoms with Crippen molar-refractivity contribution in [2.24, 2.45) is 0 Å². The maximum absolute atomic E-state index is 4.77. The zero-order valence-corrected chi connectivity index (χ0v) is 11.3. The Morgan fingerprint density at radius 1 is 1.50 bits per heavy atom. The van der Waals surface area contributed by atoms with Gasteiger partial charge in [0.05, 0.1) is 11.7 Å². The first-order chi connectivity index (χ1) is 7.70. The van der Waals surface area contributed by atoms with Crippen LogP contribution >= 0.6 is 11.3 Å². The predicted molar refractivity (Wildman–Crippen MR) is 70.0 cm³/mol. The van der Waals surface area contributed by atoms with Crippen molar-refractivity contribution in [3.8, 4) is 0 Å². The monoisotopic (exact) mass is 238 g/mol. The summed E-state index contributed by atoms with van der Waals surface area (Å²) >= 11 is 1.82. The van der Waals surface area contributed by atoms with Crippen molar-refractivity contribution in [3.05, 3.63) is 16.1 Å². The van der Waals surface area contributed by atoms with Crippen LogP contribution in [0.5, 0.6) is 0 Å². The first-order valence-corrected chi connectivity index (χ1v) is 7.30. The van der Waals surface area contributed by atoms with Crippen LogP contribution in [0.25, 0.3) is 0 Å². The maximum atomic E-state index is 4.77. The lowest BCUT2D eigenvalue weighted by Crippen LogP contribution is -2.23. The highest BCUT2D eigenvalue weighted by molar-refractivity contribution is 7.09. The van der Waals surface area contributed by atoms with E-state index in [-0.39, 0.29) is 0 Å².